The molecule has 0 spiro atoms. The Hall–Kier alpha value is -2.12. The van der Waals surface area contributed by atoms with Crippen molar-refractivity contribution in [2.45, 2.75) is 29.4 Å². The van der Waals surface area contributed by atoms with Crippen molar-refractivity contribution in [3.05, 3.63) is 65.7 Å². The highest BCUT2D eigenvalue weighted by Crippen LogP contribution is 2.34. The van der Waals surface area contributed by atoms with Crippen molar-refractivity contribution < 1.29 is 19.4 Å². The fraction of sp³-hybridized carbons (Fsp3) is 0.391. The molecule has 0 bridgehead atoms. The Bertz CT molecular complexity index is 844. The van der Waals surface area contributed by atoms with Gasteiger partial charge in [0.25, 0.3) is 0 Å². The average Bonchev–Trinajstić information content (AvgIpc) is 3.23. The van der Waals surface area contributed by atoms with Crippen LogP contribution in [0.15, 0.2) is 54.6 Å². The van der Waals surface area contributed by atoms with Crippen LogP contribution in [0.1, 0.15) is 23.5 Å². The van der Waals surface area contributed by atoms with E-state index in [0.717, 1.165) is 17.1 Å². The van der Waals surface area contributed by atoms with Crippen molar-refractivity contribution >= 4 is 35.4 Å². The highest BCUT2D eigenvalue weighted by Gasteiger charge is 2.41. The number of likely N-dealkylation sites (tertiary alicyclic amines) is 1. The van der Waals surface area contributed by atoms with Gasteiger partial charge in [0.2, 0.25) is 5.91 Å². The second-order valence-corrected chi connectivity index (χ2v) is 9.35. The zero-order chi connectivity index (χ0) is 21.5. The molecule has 1 aliphatic rings. The summed E-state index contributed by atoms with van der Waals surface area (Å²) in [6.45, 7) is 0.458. The Kier molecular flexibility index (Phi) is 8.10. The first-order valence-corrected chi connectivity index (χ1v) is 12.3. The lowest BCUT2D eigenvalue weighted by Gasteiger charge is -2.26. The van der Waals surface area contributed by atoms with Gasteiger partial charge in [-0.05, 0) is 35.9 Å². The van der Waals surface area contributed by atoms with Gasteiger partial charge < -0.3 is 14.7 Å². The number of carbonyl (C=O) groups is 2. The number of methoxy groups -OCH3 is 1. The van der Waals surface area contributed by atoms with Gasteiger partial charge in [0, 0.05) is 24.0 Å². The first-order valence-electron chi connectivity index (χ1n) is 9.85. The topological polar surface area (TPSA) is 66.8 Å². The minimum atomic E-state index is -0.924. The van der Waals surface area contributed by atoms with Crippen LogP contribution in [-0.4, -0.2) is 58.8 Å². The molecule has 0 aliphatic carbocycles. The van der Waals surface area contributed by atoms with Crippen molar-refractivity contribution in [1.82, 2.24) is 4.90 Å². The third kappa shape index (κ3) is 5.52. The van der Waals surface area contributed by atoms with E-state index in [1.54, 1.807) is 23.8 Å². The van der Waals surface area contributed by atoms with Gasteiger partial charge in [-0.25, -0.2) is 4.79 Å². The van der Waals surface area contributed by atoms with Crippen molar-refractivity contribution in [3.8, 4) is 5.75 Å². The van der Waals surface area contributed by atoms with Crippen molar-refractivity contribution in [3.63, 3.8) is 0 Å². The summed E-state index contributed by atoms with van der Waals surface area (Å²) in [7, 11) is 1.64. The van der Waals surface area contributed by atoms with Gasteiger partial charge in [-0.1, -0.05) is 42.5 Å². The molecule has 1 amide bonds. The van der Waals surface area contributed by atoms with Crippen LogP contribution in [0, 0.1) is 0 Å². The lowest BCUT2D eigenvalue weighted by Crippen LogP contribution is -2.45. The van der Waals surface area contributed by atoms with Crippen LogP contribution < -0.4 is 4.74 Å². The van der Waals surface area contributed by atoms with Crippen LogP contribution >= 0.6 is 23.5 Å². The standard InChI is InChI=1S/C23H27NO4S2/c1-28-19-10-8-16(9-11-19)14-30-15-21(29-2)22(25)24-13-18(12-20(24)23(26)27)17-6-4-3-5-7-17/h3-11,18,20-21H,12-15H2,1-2H3,(H,26,27)/t18?,20-,21?/m0/s1. The first kappa shape index (κ1) is 22.6. The first-order chi connectivity index (χ1) is 14.5. The maximum Gasteiger partial charge on any atom is 0.326 e. The van der Waals surface area contributed by atoms with Gasteiger partial charge >= 0.3 is 5.97 Å². The molecule has 1 N–H and O–H groups in total. The summed E-state index contributed by atoms with van der Waals surface area (Å²) in [6, 6.07) is 17.0. The van der Waals surface area contributed by atoms with Crippen molar-refractivity contribution in [2.75, 3.05) is 25.7 Å². The molecular formula is C23H27NO4S2. The molecule has 7 heteroatoms. The lowest BCUT2D eigenvalue weighted by atomic mass is 9.96. The van der Waals surface area contributed by atoms with E-state index in [0.29, 0.717) is 18.7 Å². The average molecular weight is 446 g/mol. The zero-order valence-corrected chi connectivity index (χ0v) is 18.8. The maximum atomic E-state index is 13.2. The predicted molar refractivity (Wildman–Crippen MR) is 123 cm³/mol. The molecule has 2 unspecified atom stereocenters. The Labute approximate surface area is 186 Å². The summed E-state index contributed by atoms with van der Waals surface area (Å²) in [4.78, 5) is 26.6. The molecule has 1 heterocycles. The summed E-state index contributed by atoms with van der Waals surface area (Å²) >= 11 is 3.18. The number of benzene rings is 2. The molecule has 3 rings (SSSR count). The summed E-state index contributed by atoms with van der Waals surface area (Å²) in [5.74, 6) is 1.32. The number of nitrogens with zero attached hydrogens (tertiary/aromatic N) is 1. The molecule has 1 saturated heterocycles. The number of carboxylic acids is 1. The van der Waals surface area contributed by atoms with E-state index >= 15 is 0 Å². The Morgan fingerprint density at radius 1 is 1.17 bits per heavy atom. The van der Waals surface area contributed by atoms with Gasteiger partial charge in [0.05, 0.1) is 12.4 Å². The quantitative estimate of drug-likeness (QED) is 0.626. The van der Waals surface area contributed by atoms with Crippen molar-refractivity contribution in [1.29, 1.82) is 0 Å². The monoisotopic (exact) mass is 445 g/mol. The Balaban J connectivity index is 1.61. The predicted octanol–water partition coefficient (Wildman–Crippen LogP) is 4.13. The van der Waals surface area contributed by atoms with Crippen LogP contribution in [0.3, 0.4) is 0 Å². The van der Waals surface area contributed by atoms with Crippen LogP contribution in [0.4, 0.5) is 0 Å². The number of ether oxygens (including phenoxy) is 1. The van der Waals surface area contributed by atoms with Gasteiger partial charge in [-0.15, -0.1) is 0 Å². The molecule has 5 nitrogen and oxygen atoms in total. The van der Waals surface area contributed by atoms with E-state index in [1.807, 2.05) is 60.9 Å². The maximum absolute atomic E-state index is 13.2. The summed E-state index contributed by atoms with van der Waals surface area (Å²) in [5, 5.41) is 9.44. The number of hydrogen-bond acceptors (Lipinski definition) is 5. The van der Waals surface area contributed by atoms with E-state index in [2.05, 4.69) is 0 Å². The van der Waals surface area contributed by atoms with Gasteiger partial charge in [0.15, 0.2) is 0 Å². The van der Waals surface area contributed by atoms with E-state index in [1.165, 1.54) is 17.3 Å². The number of hydrogen-bond donors (Lipinski definition) is 1. The molecule has 1 aliphatic heterocycles. The number of carboxylic acid groups (broad SMARTS) is 1. The summed E-state index contributed by atoms with van der Waals surface area (Å²) < 4.78 is 5.18. The fourth-order valence-corrected chi connectivity index (χ4v) is 5.78. The Morgan fingerprint density at radius 2 is 1.87 bits per heavy atom. The highest BCUT2D eigenvalue weighted by molar-refractivity contribution is 8.03. The molecule has 160 valence electrons. The largest absolute Gasteiger partial charge is 0.497 e. The van der Waals surface area contributed by atoms with Gasteiger partial charge in [0.1, 0.15) is 11.8 Å². The van der Waals surface area contributed by atoms with Gasteiger partial charge in [-0.3, -0.25) is 4.79 Å². The van der Waals surface area contributed by atoms with E-state index in [9.17, 15) is 14.7 Å². The molecule has 30 heavy (non-hydrogen) atoms. The second-order valence-electron chi connectivity index (χ2n) is 7.28. The lowest BCUT2D eigenvalue weighted by molar-refractivity contribution is -0.147. The smallest absolute Gasteiger partial charge is 0.326 e. The number of thioether (sulfide) groups is 2. The number of rotatable bonds is 9. The molecule has 2 aromatic carbocycles. The molecule has 2 aromatic rings. The second kappa shape index (κ2) is 10.8. The number of carbonyl (C=O) groups excluding carboxylic acids is 1. The summed E-state index contributed by atoms with van der Waals surface area (Å²) in [6.07, 6.45) is 2.38. The van der Waals surface area contributed by atoms with Gasteiger partial charge in [-0.2, -0.15) is 23.5 Å². The Morgan fingerprint density at radius 3 is 2.47 bits per heavy atom. The third-order valence-electron chi connectivity index (χ3n) is 5.40. The van der Waals surface area contributed by atoms with Crippen LogP contribution in [0.5, 0.6) is 5.75 Å². The van der Waals surface area contributed by atoms with Crippen LogP contribution in [0.2, 0.25) is 0 Å². The molecule has 0 aromatic heterocycles. The van der Waals surface area contributed by atoms with Crippen LogP contribution in [-0.2, 0) is 15.3 Å². The number of amides is 1. The molecular weight excluding hydrogens is 418 g/mol. The highest BCUT2D eigenvalue weighted by atomic mass is 32.2. The zero-order valence-electron chi connectivity index (χ0n) is 17.2. The molecule has 3 atom stereocenters. The van der Waals surface area contributed by atoms with Crippen molar-refractivity contribution in [2.24, 2.45) is 0 Å². The van der Waals surface area contributed by atoms with E-state index in [4.69, 9.17) is 4.74 Å². The van der Waals surface area contributed by atoms with Crippen LogP contribution in [0.25, 0.3) is 0 Å². The number of aliphatic carboxylic acids is 1. The molecule has 0 radical (unpaired) electrons. The molecule has 0 saturated carbocycles. The SMILES string of the molecule is COc1ccc(CSCC(SC)C(=O)N2CC(c3ccccc3)C[C@H]2C(=O)O)cc1. The normalized spacial score (nSPS) is 19.5. The third-order valence-corrected chi connectivity index (χ3v) is 7.65. The summed E-state index contributed by atoms with van der Waals surface area (Å²) in [5.41, 5.74) is 2.26. The fourth-order valence-electron chi connectivity index (χ4n) is 3.71. The minimum Gasteiger partial charge on any atom is -0.497 e. The minimum absolute atomic E-state index is 0.0608. The molecule has 1 fully saturated rings. The van der Waals surface area contributed by atoms with E-state index < -0.39 is 12.0 Å². The van der Waals surface area contributed by atoms with E-state index in [-0.39, 0.29) is 17.1 Å².